The van der Waals surface area contributed by atoms with Crippen molar-refractivity contribution in [2.45, 2.75) is 19.8 Å². The normalized spacial score (nSPS) is 17.5. The lowest BCUT2D eigenvalue weighted by Crippen LogP contribution is -2.45. The number of amides is 2. The van der Waals surface area contributed by atoms with Crippen molar-refractivity contribution >= 4 is 11.8 Å². The molecule has 0 spiro atoms. The fourth-order valence-electron chi connectivity index (χ4n) is 4.62. The summed E-state index contributed by atoms with van der Waals surface area (Å²) in [5, 5.41) is 3.00. The first-order valence-electron chi connectivity index (χ1n) is 11.3. The fraction of sp³-hybridized carbons (Fsp3) is 0.250. The predicted molar refractivity (Wildman–Crippen MR) is 131 cm³/mol. The van der Waals surface area contributed by atoms with Crippen LogP contribution in [0.3, 0.4) is 0 Å². The lowest BCUT2D eigenvalue weighted by Gasteiger charge is -2.29. The average Bonchev–Trinajstić information content (AvgIpc) is 3.28. The van der Waals surface area contributed by atoms with E-state index in [-0.39, 0.29) is 11.8 Å². The van der Waals surface area contributed by atoms with Crippen LogP contribution in [0, 0.1) is 12.3 Å². The summed E-state index contributed by atoms with van der Waals surface area (Å²) >= 11 is 0. The topological polar surface area (TPSA) is 62.3 Å². The number of likely N-dealkylation sites (tertiary alicyclic amines) is 1. The van der Waals surface area contributed by atoms with Crippen molar-refractivity contribution in [3.8, 4) is 11.1 Å². The molecule has 168 valence electrons. The molecular formula is C28H29N3O2. The molecule has 0 unspecified atom stereocenters. The van der Waals surface area contributed by atoms with E-state index in [2.05, 4.69) is 60.2 Å². The number of carbonyl (C=O) groups is 2. The van der Waals surface area contributed by atoms with Gasteiger partial charge >= 0.3 is 0 Å². The highest BCUT2D eigenvalue weighted by atomic mass is 16.2. The summed E-state index contributed by atoms with van der Waals surface area (Å²) in [5.74, 6) is -0.103. The van der Waals surface area contributed by atoms with Gasteiger partial charge in [-0.05, 0) is 48.6 Å². The van der Waals surface area contributed by atoms with Gasteiger partial charge in [-0.3, -0.25) is 14.6 Å². The Kier molecular flexibility index (Phi) is 6.68. The molecule has 0 bridgehead atoms. The minimum Gasteiger partial charge on any atom is -0.352 e. The van der Waals surface area contributed by atoms with Crippen LogP contribution in [0.2, 0.25) is 0 Å². The Labute approximate surface area is 195 Å². The molecule has 2 heterocycles. The van der Waals surface area contributed by atoms with Gasteiger partial charge in [0.2, 0.25) is 5.91 Å². The minimum absolute atomic E-state index is 0.0357. The summed E-state index contributed by atoms with van der Waals surface area (Å²) in [7, 11) is 0. The Morgan fingerprint density at radius 2 is 1.91 bits per heavy atom. The van der Waals surface area contributed by atoms with Crippen molar-refractivity contribution in [2.24, 2.45) is 5.41 Å². The number of rotatable bonds is 7. The Balaban J connectivity index is 1.66. The second-order valence-electron chi connectivity index (χ2n) is 8.70. The molecule has 1 fully saturated rings. The maximum absolute atomic E-state index is 13.4. The maximum Gasteiger partial charge on any atom is 0.253 e. The van der Waals surface area contributed by atoms with Gasteiger partial charge in [0.25, 0.3) is 5.91 Å². The second-order valence-corrected chi connectivity index (χ2v) is 8.70. The third-order valence-corrected chi connectivity index (χ3v) is 6.33. The number of hydrogen-bond donors (Lipinski definition) is 1. The van der Waals surface area contributed by atoms with Gasteiger partial charge < -0.3 is 10.2 Å². The number of nitrogens with zero attached hydrogens (tertiary/aromatic N) is 2. The van der Waals surface area contributed by atoms with Gasteiger partial charge in [0.1, 0.15) is 0 Å². The molecule has 1 aliphatic rings. The standard InChI is InChI=1S/C28H29N3O2/c1-3-14-30-27(33)28(13-17-31(20-28)26(32)22-11-15-29-16-12-22)19-24-8-4-5-10-25(24)23-9-6-7-21(2)18-23/h3-12,15-16,18H,1,13-14,17,19-20H2,2H3,(H,30,33)/t28-/m1/s1. The van der Waals surface area contributed by atoms with Crippen molar-refractivity contribution in [1.82, 2.24) is 15.2 Å². The third kappa shape index (κ3) is 4.87. The molecule has 0 saturated carbocycles. The van der Waals surface area contributed by atoms with Gasteiger partial charge in [-0.15, -0.1) is 6.58 Å². The van der Waals surface area contributed by atoms with Crippen molar-refractivity contribution in [3.05, 3.63) is 102 Å². The summed E-state index contributed by atoms with van der Waals surface area (Å²) < 4.78 is 0. The number of carbonyl (C=O) groups excluding carboxylic acids is 2. The molecule has 1 atom stereocenters. The van der Waals surface area contributed by atoms with E-state index in [4.69, 9.17) is 0 Å². The largest absolute Gasteiger partial charge is 0.352 e. The summed E-state index contributed by atoms with van der Waals surface area (Å²) in [5.41, 5.74) is 4.44. The molecule has 5 nitrogen and oxygen atoms in total. The number of hydrogen-bond acceptors (Lipinski definition) is 3. The predicted octanol–water partition coefficient (Wildman–Crippen LogP) is 4.43. The van der Waals surface area contributed by atoms with E-state index in [0.717, 1.165) is 16.7 Å². The highest BCUT2D eigenvalue weighted by Gasteiger charge is 2.46. The Morgan fingerprint density at radius 3 is 2.67 bits per heavy atom. The van der Waals surface area contributed by atoms with E-state index in [1.54, 1.807) is 35.5 Å². The molecule has 4 rings (SSSR count). The van der Waals surface area contributed by atoms with Crippen LogP contribution in [0.4, 0.5) is 0 Å². The molecular weight excluding hydrogens is 410 g/mol. The first kappa shape index (κ1) is 22.5. The molecule has 5 heteroatoms. The highest BCUT2D eigenvalue weighted by molar-refractivity contribution is 5.95. The number of pyridine rings is 1. The second kappa shape index (κ2) is 9.82. The van der Waals surface area contributed by atoms with Crippen LogP contribution in [0.25, 0.3) is 11.1 Å². The zero-order valence-electron chi connectivity index (χ0n) is 19.0. The van der Waals surface area contributed by atoms with Crippen molar-refractivity contribution in [1.29, 1.82) is 0 Å². The van der Waals surface area contributed by atoms with Crippen LogP contribution in [0.5, 0.6) is 0 Å². The van der Waals surface area contributed by atoms with E-state index < -0.39 is 5.41 Å². The number of aryl methyl sites for hydroxylation is 1. The van der Waals surface area contributed by atoms with Gasteiger partial charge in [0.05, 0.1) is 5.41 Å². The minimum atomic E-state index is -0.703. The first-order chi connectivity index (χ1) is 16.0. The van der Waals surface area contributed by atoms with Crippen molar-refractivity contribution < 1.29 is 9.59 Å². The van der Waals surface area contributed by atoms with Crippen LogP contribution in [-0.4, -0.2) is 41.3 Å². The Bertz CT molecular complexity index is 1160. The molecule has 2 amide bonds. The summed E-state index contributed by atoms with van der Waals surface area (Å²) in [6, 6.07) is 20.1. The smallest absolute Gasteiger partial charge is 0.253 e. The Hall–Kier alpha value is -3.73. The van der Waals surface area contributed by atoms with E-state index in [9.17, 15) is 9.59 Å². The molecule has 0 radical (unpaired) electrons. The molecule has 3 aromatic rings. The van der Waals surface area contributed by atoms with Crippen molar-refractivity contribution in [3.63, 3.8) is 0 Å². The zero-order valence-corrected chi connectivity index (χ0v) is 19.0. The van der Waals surface area contributed by atoms with Gasteiger partial charge in [0.15, 0.2) is 0 Å². The summed E-state index contributed by atoms with van der Waals surface area (Å²) in [4.78, 5) is 32.3. The molecule has 1 saturated heterocycles. The van der Waals surface area contributed by atoms with E-state index in [0.29, 0.717) is 38.0 Å². The lowest BCUT2D eigenvalue weighted by atomic mass is 9.78. The molecule has 1 aromatic heterocycles. The van der Waals surface area contributed by atoms with Crippen LogP contribution in [0.1, 0.15) is 27.9 Å². The van der Waals surface area contributed by atoms with E-state index in [1.165, 1.54) is 5.56 Å². The molecule has 2 aromatic carbocycles. The average molecular weight is 440 g/mol. The van der Waals surface area contributed by atoms with E-state index >= 15 is 0 Å². The number of nitrogens with one attached hydrogen (secondary N) is 1. The van der Waals surface area contributed by atoms with Gasteiger partial charge in [-0.1, -0.05) is 60.2 Å². The fourth-order valence-corrected chi connectivity index (χ4v) is 4.62. The summed E-state index contributed by atoms with van der Waals surface area (Å²) in [6.45, 7) is 7.12. The zero-order chi connectivity index (χ0) is 23.3. The van der Waals surface area contributed by atoms with Crippen LogP contribution in [0.15, 0.2) is 85.7 Å². The monoisotopic (exact) mass is 439 g/mol. The van der Waals surface area contributed by atoms with Crippen LogP contribution < -0.4 is 5.32 Å². The van der Waals surface area contributed by atoms with Crippen LogP contribution in [-0.2, 0) is 11.2 Å². The van der Waals surface area contributed by atoms with Gasteiger partial charge in [-0.25, -0.2) is 0 Å². The first-order valence-corrected chi connectivity index (χ1v) is 11.3. The highest BCUT2D eigenvalue weighted by Crippen LogP contribution is 2.38. The van der Waals surface area contributed by atoms with Gasteiger partial charge in [-0.2, -0.15) is 0 Å². The molecule has 0 aliphatic carbocycles. The number of benzene rings is 2. The van der Waals surface area contributed by atoms with Crippen molar-refractivity contribution in [2.75, 3.05) is 19.6 Å². The third-order valence-electron chi connectivity index (χ3n) is 6.33. The SMILES string of the molecule is C=CCNC(=O)[C@@]1(Cc2ccccc2-c2cccc(C)c2)CCN(C(=O)c2ccncc2)C1. The number of aromatic nitrogens is 1. The Morgan fingerprint density at radius 1 is 1.12 bits per heavy atom. The molecule has 33 heavy (non-hydrogen) atoms. The van der Waals surface area contributed by atoms with E-state index in [1.807, 2.05) is 12.1 Å². The van der Waals surface area contributed by atoms with Gasteiger partial charge in [0, 0.05) is 37.6 Å². The lowest BCUT2D eigenvalue weighted by molar-refractivity contribution is -0.130. The summed E-state index contributed by atoms with van der Waals surface area (Å²) in [6.07, 6.45) is 6.08. The molecule has 1 N–H and O–H groups in total. The maximum atomic E-state index is 13.4. The quantitative estimate of drug-likeness (QED) is 0.554. The molecule has 1 aliphatic heterocycles. The van der Waals surface area contributed by atoms with Crippen LogP contribution >= 0.6 is 0 Å².